The lowest BCUT2D eigenvalue weighted by molar-refractivity contribution is -0.331. The van der Waals surface area contributed by atoms with Gasteiger partial charge in [0.2, 0.25) is 0 Å². The molecule has 2 aliphatic heterocycles. The second-order valence-corrected chi connectivity index (χ2v) is 13.8. The number of thioether (sulfide) groups is 2. The molecule has 2 N–H and O–H groups in total. The van der Waals surface area contributed by atoms with Crippen molar-refractivity contribution < 1.29 is 50.2 Å². The third-order valence-corrected chi connectivity index (χ3v) is 10.3. The number of rotatable bonds is 9. The van der Waals surface area contributed by atoms with Crippen molar-refractivity contribution in [3.63, 3.8) is 0 Å². The van der Waals surface area contributed by atoms with Gasteiger partial charge in [0.1, 0.15) is 36.6 Å². The highest BCUT2D eigenvalue weighted by atomic mass is 32.2. The van der Waals surface area contributed by atoms with E-state index in [-0.39, 0.29) is 6.61 Å². The van der Waals surface area contributed by atoms with Crippen molar-refractivity contribution >= 4 is 33.6 Å². The summed E-state index contributed by atoms with van der Waals surface area (Å²) >= 11 is 2.51. The average molecular weight is 645 g/mol. The first-order chi connectivity index (χ1) is 20.0. The summed E-state index contributed by atoms with van der Waals surface area (Å²) in [7, 11) is -6.16. The fraction of sp³-hybridized carbons (Fsp3) is 0.357. The third kappa shape index (κ3) is 7.14. The monoisotopic (exact) mass is 644 g/mol. The van der Waals surface area contributed by atoms with E-state index in [9.17, 15) is 31.8 Å². The first kappa shape index (κ1) is 31.3. The van der Waals surface area contributed by atoms with Crippen LogP contribution in [0.4, 0.5) is 13.2 Å². The molecule has 8 nitrogen and oxygen atoms in total. The maximum Gasteiger partial charge on any atom is 0.523 e. The fourth-order valence-corrected chi connectivity index (χ4v) is 7.82. The Balaban J connectivity index is 1.45. The zero-order valence-corrected chi connectivity index (χ0v) is 24.1. The lowest BCUT2D eigenvalue weighted by Gasteiger charge is -2.49. The Labute approximate surface area is 249 Å². The predicted octanol–water partition coefficient (Wildman–Crippen LogP) is 4.74. The molecule has 0 radical (unpaired) electrons. The number of halogens is 3. The van der Waals surface area contributed by atoms with Crippen LogP contribution in [0.15, 0.2) is 101 Å². The summed E-state index contributed by atoms with van der Waals surface area (Å²) in [5.41, 5.74) is -5.24. The van der Waals surface area contributed by atoms with Crippen molar-refractivity contribution in [2.45, 2.75) is 62.8 Å². The van der Waals surface area contributed by atoms with Crippen molar-refractivity contribution in [2.24, 2.45) is 0 Å². The number of fused-ring (bicyclic) bond motifs is 1. The first-order valence-electron chi connectivity index (χ1n) is 12.8. The molecule has 0 aliphatic carbocycles. The van der Waals surface area contributed by atoms with Gasteiger partial charge in [-0.2, -0.15) is 21.6 Å². The van der Waals surface area contributed by atoms with Crippen molar-refractivity contribution in [1.29, 1.82) is 0 Å². The van der Waals surface area contributed by atoms with Crippen LogP contribution in [0, 0.1) is 0 Å². The molecule has 42 heavy (non-hydrogen) atoms. The van der Waals surface area contributed by atoms with E-state index in [2.05, 4.69) is 4.18 Å². The zero-order valence-electron chi connectivity index (χ0n) is 21.7. The van der Waals surface area contributed by atoms with Crippen molar-refractivity contribution in [3.8, 4) is 0 Å². The van der Waals surface area contributed by atoms with E-state index in [0.29, 0.717) is 5.56 Å². The van der Waals surface area contributed by atoms with Crippen LogP contribution in [0.3, 0.4) is 0 Å². The number of hydrogen-bond acceptors (Lipinski definition) is 10. The molecule has 7 atom stereocenters. The van der Waals surface area contributed by atoms with Crippen LogP contribution in [-0.4, -0.2) is 72.0 Å². The van der Waals surface area contributed by atoms with Crippen LogP contribution in [0.25, 0.3) is 0 Å². The molecule has 5 rings (SSSR count). The minimum absolute atomic E-state index is 0.228. The standard InChI is InChI=1S/C28H27F3O8S3/c29-28(30,31)42(34,35)39-25-21(32)24(37-20-16-36-26(38-23(20)25)17-10-4-1-5-11-17)22(33)27(40-18-12-6-2-7-13-18)41-19-14-8-3-9-15-19/h1-15,20-27,32-33H,16H2/t20-,21+,22-,23+,24-,25-,26+/m1/s1. The number of alkyl halides is 3. The third-order valence-electron chi connectivity index (χ3n) is 6.59. The Morgan fingerprint density at radius 2 is 1.38 bits per heavy atom. The van der Waals surface area contributed by atoms with Gasteiger partial charge in [0.15, 0.2) is 6.29 Å². The van der Waals surface area contributed by atoms with Gasteiger partial charge in [-0.1, -0.05) is 66.7 Å². The minimum Gasteiger partial charge on any atom is -0.388 e. The molecule has 0 unspecified atom stereocenters. The topological polar surface area (TPSA) is 112 Å². The first-order valence-corrected chi connectivity index (χ1v) is 16.0. The summed E-state index contributed by atoms with van der Waals surface area (Å²) in [5, 5.41) is 22.9. The SMILES string of the molecule is O=S(=O)(O[C@@H]1[C@@H](O)[C@H]([C@@H](O)C(Sc2ccccc2)Sc2ccccc2)O[C@@H]2CO[C@H](c3ccccc3)O[C@H]12)C(F)(F)F. The molecule has 3 aromatic carbocycles. The summed E-state index contributed by atoms with van der Waals surface area (Å²) < 4.78 is 85.9. The summed E-state index contributed by atoms with van der Waals surface area (Å²) in [4.78, 5) is 1.55. The smallest absolute Gasteiger partial charge is 0.388 e. The summed E-state index contributed by atoms with van der Waals surface area (Å²) in [6.07, 6.45) is -10.9. The fourth-order valence-electron chi connectivity index (χ4n) is 4.58. The van der Waals surface area contributed by atoms with Crippen LogP contribution >= 0.6 is 23.5 Å². The highest BCUT2D eigenvalue weighted by Crippen LogP contribution is 2.43. The Kier molecular flexibility index (Phi) is 9.86. The van der Waals surface area contributed by atoms with Crippen LogP contribution in [0.2, 0.25) is 0 Å². The predicted molar refractivity (Wildman–Crippen MR) is 149 cm³/mol. The number of aliphatic hydroxyl groups is 2. The molecule has 2 fully saturated rings. The number of benzene rings is 3. The normalized spacial score (nSPS) is 27.4. The Bertz CT molecular complexity index is 1360. The molecule has 0 amide bonds. The zero-order chi connectivity index (χ0) is 29.9. The lowest BCUT2D eigenvalue weighted by atomic mass is 9.92. The molecule has 14 heteroatoms. The highest BCUT2D eigenvalue weighted by molar-refractivity contribution is 8.17. The van der Waals surface area contributed by atoms with Gasteiger partial charge < -0.3 is 24.4 Å². The molecular formula is C28H27F3O8S3. The van der Waals surface area contributed by atoms with Gasteiger partial charge in [-0.25, -0.2) is 0 Å². The Morgan fingerprint density at radius 3 is 1.90 bits per heavy atom. The van der Waals surface area contributed by atoms with E-state index in [4.69, 9.17) is 14.2 Å². The molecule has 2 aliphatic rings. The van der Waals surface area contributed by atoms with Gasteiger partial charge >= 0.3 is 15.6 Å². The molecule has 0 saturated carbocycles. The molecule has 226 valence electrons. The van der Waals surface area contributed by atoms with Gasteiger partial charge in [0, 0.05) is 15.4 Å². The maximum absolute atomic E-state index is 13.4. The van der Waals surface area contributed by atoms with Gasteiger partial charge in [0.25, 0.3) is 0 Å². The number of ether oxygens (including phenoxy) is 3. The second-order valence-electron chi connectivity index (χ2n) is 9.49. The molecule has 0 spiro atoms. The second kappa shape index (κ2) is 13.2. The largest absolute Gasteiger partial charge is 0.523 e. The quantitative estimate of drug-likeness (QED) is 0.147. The van der Waals surface area contributed by atoms with E-state index < -0.39 is 63.1 Å². The molecule has 0 aromatic heterocycles. The van der Waals surface area contributed by atoms with Crippen molar-refractivity contribution in [1.82, 2.24) is 0 Å². The molecular weight excluding hydrogens is 617 g/mol. The summed E-state index contributed by atoms with van der Waals surface area (Å²) in [6.45, 7) is -0.228. The van der Waals surface area contributed by atoms with Crippen molar-refractivity contribution in [3.05, 3.63) is 96.6 Å². The van der Waals surface area contributed by atoms with E-state index in [1.807, 2.05) is 36.4 Å². The van der Waals surface area contributed by atoms with E-state index in [1.165, 1.54) is 23.5 Å². The van der Waals surface area contributed by atoms with Crippen LogP contribution in [0.5, 0.6) is 0 Å². The van der Waals surface area contributed by atoms with Gasteiger partial charge in [-0.15, -0.1) is 23.5 Å². The van der Waals surface area contributed by atoms with Crippen molar-refractivity contribution in [2.75, 3.05) is 6.61 Å². The highest BCUT2D eigenvalue weighted by Gasteiger charge is 2.58. The Hall–Kier alpha value is -2.14. The average Bonchev–Trinajstić information content (AvgIpc) is 2.98. The van der Waals surface area contributed by atoms with Gasteiger partial charge in [0.05, 0.1) is 11.2 Å². The van der Waals surface area contributed by atoms with E-state index in [0.717, 1.165) is 9.79 Å². The maximum atomic E-state index is 13.4. The number of hydrogen-bond donors (Lipinski definition) is 2. The van der Waals surface area contributed by atoms with Crippen LogP contribution in [-0.2, 0) is 28.5 Å². The molecule has 2 heterocycles. The van der Waals surface area contributed by atoms with Gasteiger partial charge in [-0.05, 0) is 24.3 Å². The van der Waals surface area contributed by atoms with Gasteiger partial charge in [-0.3, -0.25) is 4.18 Å². The number of aliphatic hydroxyl groups excluding tert-OH is 2. The molecule has 3 aromatic rings. The van der Waals surface area contributed by atoms with Crippen LogP contribution in [0.1, 0.15) is 11.9 Å². The summed E-state index contributed by atoms with van der Waals surface area (Å²) in [6, 6.07) is 26.6. The minimum atomic E-state index is -6.16. The van der Waals surface area contributed by atoms with Crippen LogP contribution < -0.4 is 0 Å². The molecule has 2 saturated heterocycles. The molecule has 0 bridgehead atoms. The van der Waals surface area contributed by atoms with E-state index >= 15 is 0 Å². The Morgan fingerprint density at radius 1 is 0.857 bits per heavy atom. The summed E-state index contributed by atoms with van der Waals surface area (Å²) in [5.74, 6) is 0. The lowest BCUT2D eigenvalue weighted by Crippen LogP contribution is -2.66. The van der Waals surface area contributed by atoms with E-state index in [1.54, 1.807) is 54.6 Å².